The van der Waals surface area contributed by atoms with E-state index in [2.05, 4.69) is 15.5 Å². The van der Waals surface area contributed by atoms with E-state index in [1.807, 2.05) is 34.9 Å². The molecule has 9 heteroatoms. The number of halogens is 1. The van der Waals surface area contributed by atoms with Crippen molar-refractivity contribution in [3.8, 4) is 17.1 Å². The van der Waals surface area contributed by atoms with Crippen molar-refractivity contribution in [3.63, 3.8) is 0 Å². The van der Waals surface area contributed by atoms with Crippen molar-refractivity contribution in [2.75, 3.05) is 7.11 Å². The Bertz CT molecular complexity index is 1310. The van der Waals surface area contributed by atoms with Gasteiger partial charge < -0.3 is 10.1 Å². The monoisotopic (exact) mass is 490 g/mol. The highest BCUT2D eigenvalue weighted by atomic mass is 32.2. The average molecular weight is 491 g/mol. The number of esters is 1. The Morgan fingerprint density at radius 2 is 1.69 bits per heavy atom. The molecule has 0 bridgehead atoms. The molecule has 3 aromatic carbocycles. The summed E-state index contributed by atoms with van der Waals surface area (Å²) >= 11 is 1.26. The number of hydrogen-bond acceptors (Lipinski definition) is 6. The highest BCUT2D eigenvalue weighted by Gasteiger charge is 2.22. The molecule has 0 aliphatic rings. The molecular weight excluding hydrogens is 467 g/mol. The fourth-order valence-corrected chi connectivity index (χ4v) is 4.26. The quantitative estimate of drug-likeness (QED) is 0.286. The maximum atomic E-state index is 13.6. The summed E-state index contributed by atoms with van der Waals surface area (Å²) in [5.41, 5.74) is 2.84. The number of methoxy groups -OCH3 is 1. The second-order valence-electron chi connectivity index (χ2n) is 7.65. The number of ether oxygens (including phenoxy) is 1. The summed E-state index contributed by atoms with van der Waals surface area (Å²) in [6, 6.07) is 22.4. The third-order valence-corrected chi connectivity index (χ3v) is 6.29. The van der Waals surface area contributed by atoms with Gasteiger partial charge in [-0.05, 0) is 48.9 Å². The molecule has 4 aromatic rings. The zero-order chi connectivity index (χ0) is 24.8. The molecule has 0 spiro atoms. The number of thioether (sulfide) groups is 1. The van der Waals surface area contributed by atoms with Crippen molar-refractivity contribution in [1.82, 2.24) is 20.1 Å². The van der Waals surface area contributed by atoms with Crippen LogP contribution in [0.4, 0.5) is 4.39 Å². The number of carbonyl (C=O) groups excluding carboxylic acids is 2. The first kappa shape index (κ1) is 24.2. The minimum absolute atomic E-state index is 0.179. The molecule has 4 rings (SSSR count). The molecule has 0 saturated heterocycles. The lowest BCUT2D eigenvalue weighted by Gasteiger charge is -2.14. The van der Waals surface area contributed by atoms with Crippen LogP contribution in [0.1, 0.15) is 22.8 Å². The molecule has 1 amide bonds. The highest BCUT2D eigenvalue weighted by molar-refractivity contribution is 8.00. The van der Waals surface area contributed by atoms with E-state index in [4.69, 9.17) is 4.74 Å². The first-order valence-electron chi connectivity index (χ1n) is 10.8. The van der Waals surface area contributed by atoms with Crippen molar-refractivity contribution in [3.05, 3.63) is 95.8 Å². The zero-order valence-corrected chi connectivity index (χ0v) is 20.0. The number of carbonyl (C=O) groups is 2. The Balaban J connectivity index is 1.50. The van der Waals surface area contributed by atoms with Crippen LogP contribution in [-0.2, 0) is 16.1 Å². The summed E-state index contributed by atoms with van der Waals surface area (Å²) < 4.78 is 20.1. The smallest absolute Gasteiger partial charge is 0.337 e. The summed E-state index contributed by atoms with van der Waals surface area (Å²) in [5.74, 6) is -0.338. The molecule has 178 valence electrons. The molecule has 35 heavy (non-hydrogen) atoms. The van der Waals surface area contributed by atoms with Crippen LogP contribution in [0.15, 0.2) is 84.0 Å². The molecule has 0 saturated carbocycles. The molecule has 0 aliphatic heterocycles. The van der Waals surface area contributed by atoms with Gasteiger partial charge in [0.05, 0.1) is 17.9 Å². The fraction of sp³-hybridized carbons (Fsp3) is 0.154. The van der Waals surface area contributed by atoms with E-state index in [0.717, 1.165) is 11.1 Å². The molecular formula is C26H23FN4O3S. The largest absolute Gasteiger partial charge is 0.465 e. The van der Waals surface area contributed by atoms with E-state index in [0.29, 0.717) is 28.8 Å². The number of nitrogens with one attached hydrogen (secondary N) is 1. The summed E-state index contributed by atoms with van der Waals surface area (Å²) in [6.45, 7) is 2.09. The number of nitrogens with zero attached hydrogens (tertiary/aromatic N) is 3. The molecule has 1 aromatic heterocycles. The van der Waals surface area contributed by atoms with E-state index in [9.17, 15) is 14.0 Å². The van der Waals surface area contributed by atoms with Gasteiger partial charge in [0.15, 0.2) is 11.0 Å². The molecule has 1 atom stereocenters. The molecule has 0 fully saturated rings. The van der Waals surface area contributed by atoms with Gasteiger partial charge in [0.2, 0.25) is 5.91 Å². The summed E-state index contributed by atoms with van der Waals surface area (Å²) in [5, 5.41) is 11.6. The lowest BCUT2D eigenvalue weighted by molar-refractivity contribution is -0.120. The van der Waals surface area contributed by atoms with E-state index >= 15 is 0 Å². The van der Waals surface area contributed by atoms with Crippen LogP contribution < -0.4 is 5.32 Å². The van der Waals surface area contributed by atoms with E-state index in [-0.39, 0.29) is 11.7 Å². The molecule has 1 heterocycles. The van der Waals surface area contributed by atoms with Crippen LogP contribution >= 0.6 is 11.8 Å². The predicted octanol–water partition coefficient (Wildman–Crippen LogP) is 4.66. The minimum atomic E-state index is -0.476. The average Bonchev–Trinajstić information content (AvgIpc) is 3.31. The Morgan fingerprint density at radius 3 is 2.34 bits per heavy atom. The van der Waals surface area contributed by atoms with Crippen LogP contribution in [0.5, 0.6) is 0 Å². The lowest BCUT2D eigenvalue weighted by atomic mass is 10.1. The van der Waals surface area contributed by atoms with E-state index in [1.165, 1.54) is 31.0 Å². The third-order valence-electron chi connectivity index (χ3n) is 5.24. The normalized spacial score (nSPS) is 11.6. The Labute approximate surface area is 206 Å². The van der Waals surface area contributed by atoms with Gasteiger partial charge in [-0.2, -0.15) is 0 Å². The second kappa shape index (κ2) is 11.0. The standard InChI is InChI=1S/C26H23FN4O3S/c1-17(24(32)28-16-18-8-10-20(11-9-18)25(33)34-2)35-26-30-29-23(19-6-4-3-5-7-19)31(26)22-14-12-21(27)13-15-22/h3-15,17H,16H2,1-2H3,(H,28,32). The van der Waals surface area contributed by atoms with Crippen LogP contribution in [0.25, 0.3) is 17.1 Å². The fourth-order valence-electron chi connectivity index (χ4n) is 3.36. The van der Waals surface area contributed by atoms with Gasteiger partial charge in [-0.15, -0.1) is 10.2 Å². The van der Waals surface area contributed by atoms with Gasteiger partial charge >= 0.3 is 5.97 Å². The van der Waals surface area contributed by atoms with Crippen LogP contribution in [-0.4, -0.2) is 39.0 Å². The second-order valence-corrected chi connectivity index (χ2v) is 8.96. The predicted molar refractivity (Wildman–Crippen MR) is 132 cm³/mol. The first-order valence-corrected chi connectivity index (χ1v) is 11.7. The van der Waals surface area contributed by atoms with Gasteiger partial charge in [-0.25, -0.2) is 9.18 Å². The number of rotatable bonds is 8. The topological polar surface area (TPSA) is 86.1 Å². The highest BCUT2D eigenvalue weighted by Crippen LogP contribution is 2.30. The Hall–Kier alpha value is -3.98. The van der Waals surface area contributed by atoms with Gasteiger partial charge in [-0.3, -0.25) is 9.36 Å². The summed E-state index contributed by atoms with van der Waals surface area (Å²) in [4.78, 5) is 24.4. The maximum absolute atomic E-state index is 13.6. The number of aromatic nitrogens is 3. The minimum Gasteiger partial charge on any atom is -0.465 e. The van der Waals surface area contributed by atoms with Gasteiger partial charge in [0, 0.05) is 17.8 Å². The number of hydrogen-bond donors (Lipinski definition) is 1. The van der Waals surface area contributed by atoms with Crippen LogP contribution in [0.3, 0.4) is 0 Å². The van der Waals surface area contributed by atoms with E-state index in [1.54, 1.807) is 43.3 Å². The number of amides is 1. The first-order chi connectivity index (χ1) is 17.0. The molecule has 0 radical (unpaired) electrons. The van der Waals surface area contributed by atoms with Crippen molar-refractivity contribution >= 4 is 23.6 Å². The van der Waals surface area contributed by atoms with Crippen LogP contribution in [0.2, 0.25) is 0 Å². The maximum Gasteiger partial charge on any atom is 0.337 e. The lowest BCUT2D eigenvalue weighted by Crippen LogP contribution is -2.30. The summed E-state index contributed by atoms with van der Waals surface area (Å²) in [7, 11) is 1.33. The van der Waals surface area contributed by atoms with Crippen molar-refractivity contribution in [2.45, 2.75) is 23.9 Å². The SMILES string of the molecule is COC(=O)c1ccc(CNC(=O)C(C)Sc2nnc(-c3ccccc3)n2-c2ccc(F)cc2)cc1. The zero-order valence-electron chi connectivity index (χ0n) is 19.1. The molecule has 1 unspecified atom stereocenters. The molecule has 1 N–H and O–H groups in total. The molecule has 7 nitrogen and oxygen atoms in total. The van der Waals surface area contributed by atoms with Gasteiger partial charge in [0.25, 0.3) is 0 Å². The Morgan fingerprint density at radius 1 is 1.00 bits per heavy atom. The van der Waals surface area contributed by atoms with E-state index < -0.39 is 11.2 Å². The number of benzene rings is 3. The van der Waals surface area contributed by atoms with Gasteiger partial charge in [0.1, 0.15) is 5.82 Å². The summed E-state index contributed by atoms with van der Waals surface area (Å²) in [6.07, 6.45) is 0. The van der Waals surface area contributed by atoms with Crippen molar-refractivity contribution < 1.29 is 18.7 Å². The van der Waals surface area contributed by atoms with Gasteiger partial charge in [-0.1, -0.05) is 54.2 Å². The van der Waals surface area contributed by atoms with Crippen molar-refractivity contribution in [1.29, 1.82) is 0 Å². The van der Waals surface area contributed by atoms with Crippen molar-refractivity contribution in [2.24, 2.45) is 0 Å². The molecule has 0 aliphatic carbocycles. The third kappa shape index (κ3) is 5.75. The van der Waals surface area contributed by atoms with Crippen LogP contribution in [0, 0.1) is 5.82 Å². The Kier molecular flexibility index (Phi) is 7.57.